The number of aromatic nitrogens is 3. The summed E-state index contributed by atoms with van der Waals surface area (Å²) in [4.78, 5) is 26.2. The van der Waals surface area contributed by atoms with E-state index in [9.17, 15) is 4.79 Å². The Bertz CT molecular complexity index is 1970. The number of fused-ring (bicyclic) bond motifs is 2. The van der Waals surface area contributed by atoms with Crippen LogP contribution in [0.25, 0.3) is 42.9 Å². The van der Waals surface area contributed by atoms with Crippen molar-refractivity contribution in [1.82, 2.24) is 19.4 Å². The number of piperidine rings is 1. The highest BCUT2D eigenvalue weighted by Gasteiger charge is 2.34. The van der Waals surface area contributed by atoms with Crippen molar-refractivity contribution in [3.8, 4) is 21.7 Å². The minimum atomic E-state index is -0.918. The van der Waals surface area contributed by atoms with Gasteiger partial charge in [-0.1, -0.05) is 23.7 Å². The van der Waals surface area contributed by atoms with Crippen molar-refractivity contribution in [3.05, 3.63) is 70.5 Å². The van der Waals surface area contributed by atoms with Crippen molar-refractivity contribution < 1.29 is 19.0 Å². The molecule has 10 heteroatoms. The molecule has 3 aromatic heterocycles. The van der Waals surface area contributed by atoms with E-state index < -0.39 is 17.7 Å². The maximum atomic E-state index is 13.5. The Morgan fingerprint density at radius 1 is 1.12 bits per heavy atom. The number of aryl methyl sites for hydroxylation is 2. The topological polar surface area (TPSA) is 78.7 Å². The highest BCUT2D eigenvalue weighted by atomic mass is 35.5. The van der Waals surface area contributed by atoms with E-state index >= 15 is 0 Å². The summed E-state index contributed by atoms with van der Waals surface area (Å²) in [6.07, 6.45) is 5.55. The number of pyridine rings is 1. The quantitative estimate of drug-likeness (QED) is 0.152. The SMILES string of the molecule is CCOC(=O)[C@@H](OC(C)(C)C)c1c(C)cc2nc(-c3cnc4c(c3)c(C3CCN(C5COC5)CC3)cn4C)sc2c1-c1ccc(Cl)cc1. The van der Waals surface area contributed by atoms with Gasteiger partial charge in [-0.15, -0.1) is 11.3 Å². The molecule has 252 valence electrons. The summed E-state index contributed by atoms with van der Waals surface area (Å²) >= 11 is 7.95. The van der Waals surface area contributed by atoms with Crippen molar-refractivity contribution in [2.75, 3.05) is 32.9 Å². The van der Waals surface area contributed by atoms with E-state index in [0.29, 0.717) is 17.0 Å². The molecule has 2 aliphatic heterocycles. The molecular weight excluding hydrogens is 644 g/mol. The smallest absolute Gasteiger partial charge is 0.339 e. The van der Waals surface area contributed by atoms with E-state index in [1.165, 1.54) is 10.9 Å². The van der Waals surface area contributed by atoms with Gasteiger partial charge in [0.2, 0.25) is 0 Å². The van der Waals surface area contributed by atoms with Gasteiger partial charge in [0.05, 0.1) is 41.7 Å². The van der Waals surface area contributed by atoms with Crippen LogP contribution in [-0.4, -0.2) is 70.0 Å². The van der Waals surface area contributed by atoms with Crippen LogP contribution in [0.15, 0.2) is 48.8 Å². The van der Waals surface area contributed by atoms with E-state index in [-0.39, 0.29) is 6.61 Å². The number of carbonyl (C=O) groups excluding carboxylic acids is 1. The van der Waals surface area contributed by atoms with Crippen LogP contribution in [0, 0.1) is 6.92 Å². The third-order valence-electron chi connectivity index (χ3n) is 9.49. The number of hydrogen-bond acceptors (Lipinski definition) is 8. The van der Waals surface area contributed by atoms with Gasteiger partial charge < -0.3 is 18.8 Å². The Morgan fingerprint density at radius 2 is 1.85 bits per heavy atom. The second-order valence-corrected chi connectivity index (χ2v) is 15.4. The Kier molecular flexibility index (Phi) is 9.10. The summed E-state index contributed by atoms with van der Waals surface area (Å²) in [6.45, 7) is 13.9. The predicted molar refractivity (Wildman–Crippen MR) is 193 cm³/mol. The molecule has 1 atom stereocenters. The molecule has 2 aliphatic rings. The first-order valence-electron chi connectivity index (χ1n) is 16.8. The number of nitrogens with zero attached hydrogens (tertiary/aromatic N) is 4. The lowest BCUT2D eigenvalue weighted by atomic mass is 9.88. The van der Waals surface area contributed by atoms with Crippen molar-refractivity contribution in [3.63, 3.8) is 0 Å². The third kappa shape index (κ3) is 6.39. The molecule has 8 nitrogen and oxygen atoms in total. The Morgan fingerprint density at radius 3 is 2.50 bits per heavy atom. The van der Waals surface area contributed by atoms with E-state index in [1.54, 1.807) is 11.3 Å². The molecule has 5 aromatic rings. The standard InChI is InChI=1S/C38H43ClN4O4S/c1-7-46-37(44)33(47-38(3,4)5)31-22(2)16-30-34(32(31)24-8-10-26(39)11-9-24)48-36(41-30)25-17-28-29(19-42(6)35(28)40-18-25)23-12-14-43(15-13-23)27-20-45-21-27/h8-11,16-19,23,27,33H,7,12-15,20-21H2,1-6H3/t33-/m0/s1. The zero-order valence-corrected chi connectivity index (χ0v) is 30.1. The first-order chi connectivity index (χ1) is 23.0. The van der Waals surface area contributed by atoms with Crippen molar-refractivity contribution in [2.24, 2.45) is 7.05 Å². The van der Waals surface area contributed by atoms with Crippen LogP contribution in [-0.2, 0) is 26.1 Å². The van der Waals surface area contributed by atoms with E-state index in [1.807, 2.05) is 65.1 Å². The van der Waals surface area contributed by atoms with Crippen LogP contribution in [0.5, 0.6) is 0 Å². The minimum absolute atomic E-state index is 0.261. The molecule has 7 rings (SSSR count). The molecule has 0 spiro atoms. The molecule has 2 aromatic carbocycles. The van der Waals surface area contributed by atoms with Gasteiger partial charge in [-0.2, -0.15) is 0 Å². The van der Waals surface area contributed by atoms with Crippen LogP contribution in [0.3, 0.4) is 0 Å². The fourth-order valence-corrected chi connectivity index (χ4v) is 8.35. The highest BCUT2D eigenvalue weighted by Crippen LogP contribution is 2.45. The molecule has 0 amide bonds. The number of likely N-dealkylation sites (tertiary alicyclic amines) is 1. The van der Waals surface area contributed by atoms with Gasteiger partial charge in [0, 0.05) is 46.5 Å². The lowest BCUT2D eigenvalue weighted by molar-refractivity contribution is -0.166. The normalized spacial score (nSPS) is 17.2. The maximum Gasteiger partial charge on any atom is 0.339 e. The molecule has 0 bridgehead atoms. The van der Waals surface area contributed by atoms with Crippen LogP contribution >= 0.6 is 22.9 Å². The molecule has 2 saturated heterocycles. The lowest BCUT2D eigenvalue weighted by Crippen LogP contribution is -2.51. The average molecular weight is 687 g/mol. The minimum Gasteiger partial charge on any atom is -0.464 e. The largest absolute Gasteiger partial charge is 0.464 e. The number of hydrogen-bond donors (Lipinski definition) is 0. The van der Waals surface area contributed by atoms with Crippen LogP contribution in [0.1, 0.15) is 69.2 Å². The molecule has 0 unspecified atom stereocenters. The number of rotatable bonds is 8. The highest BCUT2D eigenvalue weighted by molar-refractivity contribution is 7.22. The van der Waals surface area contributed by atoms with Gasteiger partial charge in [0.1, 0.15) is 10.7 Å². The molecule has 5 heterocycles. The molecule has 2 fully saturated rings. The van der Waals surface area contributed by atoms with Gasteiger partial charge in [0.25, 0.3) is 0 Å². The monoisotopic (exact) mass is 686 g/mol. The summed E-state index contributed by atoms with van der Waals surface area (Å²) in [7, 11) is 2.08. The average Bonchev–Trinajstić information content (AvgIpc) is 3.59. The first kappa shape index (κ1) is 33.2. The van der Waals surface area contributed by atoms with Gasteiger partial charge in [-0.05, 0) is 107 Å². The zero-order chi connectivity index (χ0) is 33.7. The second-order valence-electron chi connectivity index (χ2n) is 14.0. The van der Waals surface area contributed by atoms with E-state index in [0.717, 1.165) is 87.8 Å². The number of thiazole rings is 1. The number of esters is 1. The number of benzene rings is 2. The van der Waals surface area contributed by atoms with Crippen LogP contribution in [0.4, 0.5) is 0 Å². The lowest BCUT2D eigenvalue weighted by Gasteiger charge is -2.41. The Hall–Kier alpha value is -3.34. The zero-order valence-electron chi connectivity index (χ0n) is 28.5. The van der Waals surface area contributed by atoms with E-state index in [2.05, 4.69) is 34.8 Å². The summed E-state index contributed by atoms with van der Waals surface area (Å²) < 4.78 is 20.6. The van der Waals surface area contributed by atoms with Crippen molar-refractivity contribution in [2.45, 2.75) is 71.1 Å². The van der Waals surface area contributed by atoms with Gasteiger partial charge in [0.15, 0.2) is 6.10 Å². The van der Waals surface area contributed by atoms with Crippen molar-refractivity contribution >= 4 is 50.2 Å². The Balaban J connectivity index is 1.33. The summed E-state index contributed by atoms with van der Waals surface area (Å²) in [5, 5.41) is 2.71. The molecule has 0 N–H and O–H groups in total. The predicted octanol–water partition coefficient (Wildman–Crippen LogP) is 8.48. The number of carbonyl (C=O) groups is 1. The van der Waals surface area contributed by atoms with E-state index in [4.69, 9.17) is 35.8 Å². The molecule has 0 aliphatic carbocycles. The third-order valence-corrected chi connectivity index (χ3v) is 10.9. The summed E-state index contributed by atoms with van der Waals surface area (Å²) in [6, 6.07) is 12.6. The molecular formula is C38H43ClN4O4S. The molecule has 0 saturated carbocycles. The van der Waals surface area contributed by atoms with Gasteiger partial charge >= 0.3 is 5.97 Å². The Labute approximate surface area is 291 Å². The first-order valence-corrected chi connectivity index (χ1v) is 18.0. The summed E-state index contributed by atoms with van der Waals surface area (Å²) in [5.74, 6) is 0.0793. The van der Waals surface area contributed by atoms with Crippen LogP contribution in [0.2, 0.25) is 5.02 Å². The van der Waals surface area contributed by atoms with Gasteiger partial charge in [-0.3, -0.25) is 4.90 Å². The molecule has 0 radical (unpaired) electrons. The maximum absolute atomic E-state index is 13.5. The second kappa shape index (κ2) is 13.2. The van der Waals surface area contributed by atoms with Crippen molar-refractivity contribution in [1.29, 1.82) is 0 Å². The summed E-state index contributed by atoms with van der Waals surface area (Å²) in [5.41, 5.74) is 7.14. The fourth-order valence-electron chi connectivity index (χ4n) is 7.11. The number of ether oxygens (including phenoxy) is 3. The molecule has 48 heavy (non-hydrogen) atoms. The van der Waals surface area contributed by atoms with Gasteiger partial charge in [-0.25, -0.2) is 14.8 Å². The fraction of sp³-hybridized carbons (Fsp3) is 0.447. The number of halogens is 1. The van der Waals surface area contributed by atoms with Crippen LogP contribution < -0.4 is 0 Å².